The Hall–Kier alpha value is -0.610. The molecule has 0 spiro atoms. The van der Waals surface area contributed by atoms with Crippen molar-refractivity contribution < 1.29 is 9.90 Å². The van der Waals surface area contributed by atoms with E-state index in [4.69, 9.17) is 10.8 Å². The lowest BCUT2D eigenvalue weighted by molar-refractivity contribution is -0.134. The van der Waals surface area contributed by atoms with Crippen LogP contribution in [0.3, 0.4) is 0 Å². The Morgan fingerprint density at radius 2 is 2.27 bits per heavy atom. The van der Waals surface area contributed by atoms with Gasteiger partial charge in [-0.25, -0.2) is 0 Å². The molecule has 0 aromatic rings. The highest BCUT2D eigenvalue weighted by Gasteiger charge is 2.31. The second-order valence-electron chi connectivity index (χ2n) is 4.75. The second-order valence-corrected chi connectivity index (χ2v) is 4.75. The van der Waals surface area contributed by atoms with E-state index in [-0.39, 0.29) is 18.6 Å². The van der Waals surface area contributed by atoms with Crippen molar-refractivity contribution in [3.8, 4) is 0 Å². The quantitative estimate of drug-likeness (QED) is 0.709. The lowest BCUT2D eigenvalue weighted by Crippen LogP contribution is -2.47. The summed E-state index contributed by atoms with van der Waals surface area (Å²) < 4.78 is 0. The molecule has 1 aliphatic heterocycles. The summed E-state index contributed by atoms with van der Waals surface area (Å²) in [4.78, 5) is 13.7. The molecule has 1 rings (SSSR count). The molecule has 2 atom stereocenters. The van der Waals surface area contributed by atoms with Gasteiger partial charge >= 0.3 is 0 Å². The molecule has 1 unspecified atom stereocenters. The van der Waals surface area contributed by atoms with Gasteiger partial charge in [0.25, 0.3) is 0 Å². The molecule has 1 amide bonds. The Kier molecular flexibility index (Phi) is 4.54. The van der Waals surface area contributed by atoms with Crippen molar-refractivity contribution in [2.45, 2.75) is 45.2 Å². The van der Waals surface area contributed by atoms with Gasteiger partial charge in [0.15, 0.2) is 0 Å². The monoisotopic (exact) mass is 214 g/mol. The predicted octanol–water partition coefficient (Wildman–Crippen LogP) is 0.343. The molecule has 1 aliphatic rings. The molecular formula is C11H22N2O2. The Morgan fingerprint density at radius 3 is 2.80 bits per heavy atom. The zero-order valence-electron chi connectivity index (χ0n) is 9.65. The van der Waals surface area contributed by atoms with Crippen LogP contribution in [0.5, 0.6) is 0 Å². The lowest BCUT2D eigenvalue weighted by Gasteiger charge is -2.26. The summed E-state index contributed by atoms with van der Waals surface area (Å²) in [7, 11) is 0. The first-order valence-corrected chi connectivity index (χ1v) is 5.73. The minimum Gasteiger partial charge on any atom is -0.394 e. The van der Waals surface area contributed by atoms with E-state index >= 15 is 0 Å². The van der Waals surface area contributed by atoms with E-state index in [1.165, 1.54) is 0 Å². The van der Waals surface area contributed by atoms with Crippen LogP contribution in [0.25, 0.3) is 0 Å². The number of carbonyl (C=O) groups excluding carboxylic acids is 1. The number of aliphatic hydroxyl groups is 1. The van der Waals surface area contributed by atoms with Gasteiger partial charge in [-0.15, -0.1) is 0 Å². The fourth-order valence-electron chi connectivity index (χ4n) is 2.14. The first-order valence-electron chi connectivity index (χ1n) is 5.73. The maximum Gasteiger partial charge on any atom is 0.239 e. The first-order chi connectivity index (χ1) is 7.06. The molecule has 4 nitrogen and oxygen atoms in total. The second kappa shape index (κ2) is 5.47. The molecule has 88 valence electrons. The SMILES string of the molecule is CC(C)C[C@@H](N)C(=O)N1CCCC1CO. The van der Waals surface area contributed by atoms with Gasteiger partial charge in [-0.1, -0.05) is 13.8 Å². The van der Waals surface area contributed by atoms with Crippen LogP contribution in [0.2, 0.25) is 0 Å². The first kappa shape index (κ1) is 12.5. The van der Waals surface area contributed by atoms with E-state index in [9.17, 15) is 4.79 Å². The largest absolute Gasteiger partial charge is 0.394 e. The van der Waals surface area contributed by atoms with E-state index in [0.29, 0.717) is 12.3 Å². The highest BCUT2D eigenvalue weighted by atomic mass is 16.3. The number of aliphatic hydroxyl groups excluding tert-OH is 1. The summed E-state index contributed by atoms with van der Waals surface area (Å²) in [5.41, 5.74) is 5.84. The Balaban J connectivity index is 2.51. The highest BCUT2D eigenvalue weighted by molar-refractivity contribution is 5.82. The van der Waals surface area contributed by atoms with Gasteiger partial charge in [-0.2, -0.15) is 0 Å². The van der Waals surface area contributed by atoms with Gasteiger partial charge in [0.1, 0.15) is 0 Å². The van der Waals surface area contributed by atoms with Crippen LogP contribution in [0.4, 0.5) is 0 Å². The average Bonchev–Trinajstić information content (AvgIpc) is 2.62. The van der Waals surface area contributed by atoms with Gasteiger partial charge < -0.3 is 15.7 Å². The van der Waals surface area contributed by atoms with Gasteiger partial charge in [0.05, 0.1) is 18.7 Å². The average molecular weight is 214 g/mol. The molecular weight excluding hydrogens is 192 g/mol. The number of amides is 1. The number of nitrogens with two attached hydrogens (primary N) is 1. The molecule has 1 heterocycles. The molecule has 0 aliphatic carbocycles. The summed E-state index contributed by atoms with van der Waals surface area (Å²) in [6.45, 7) is 4.91. The van der Waals surface area contributed by atoms with Crippen LogP contribution in [-0.2, 0) is 4.79 Å². The minimum atomic E-state index is -0.405. The third kappa shape index (κ3) is 3.18. The number of carbonyl (C=O) groups is 1. The van der Waals surface area contributed by atoms with E-state index < -0.39 is 6.04 Å². The van der Waals surface area contributed by atoms with Crippen LogP contribution in [0.1, 0.15) is 33.1 Å². The smallest absolute Gasteiger partial charge is 0.239 e. The van der Waals surface area contributed by atoms with Crippen molar-refractivity contribution >= 4 is 5.91 Å². The molecule has 3 N–H and O–H groups in total. The van der Waals surface area contributed by atoms with Crippen LogP contribution in [-0.4, -0.2) is 41.1 Å². The summed E-state index contributed by atoms with van der Waals surface area (Å²) >= 11 is 0. The Bertz CT molecular complexity index is 219. The molecule has 0 aromatic heterocycles. The minimum absolute atomic E-state index is 0.000231. The van der Waals surface area contributed by atoms with Crippen LogP contribution in [0.15, 0.2) is 0 Å². The standard InChI is InChI=1S/C11H22N2O2/c1-8(2)6-10(12)11(15)13-5-3-4-9(13)7-14/h8-10,14H,3-7,12H2,1-2H3/t9?,10-/m1/s1. The van der Waals surface area contributed by atoms with Gasteiger partial charge in [0.2, 0.25) is 5.91 Å². The van der Waals surface area contributed by atoms with Crippen LogP contribution >= 0.6 is 0 Å². The van der Waals surface area contributed by atoms with Crippen molar-refractivity contribution in [3.05, 3.63) is 0 Å². The van der Waals surface area contributed by atoms with E-state index in [2.05, 4.69) is 13.8 Å². The van der Waals surface area contributed by atoms with Crippen LogP contribution in [0, 0.1) is 5.92 Å². The number of hydrogen-bond acceptors (Lipinski definition) is 3. The van der Waals surface area contributed by atoms with Crippen molar-refractivity contribution in [1.29, 1.82) is 0 Å². The third-order valence-electron chi connectivity index (χ3n) is 2.91. The van der Waals surface area contributed by atoms with Crippen LogP contribution < -0.4 is 5.73 Å². The molecule has 1 saturated heterocycles. The fourth-order valence-corrected chi connectivity index (χ4v) is 2.14. The van der Waals surface area contributed by atoms with E-state index in [1.807, 2.05) is 0 Å². The summed E-state index contributed by atoms with van der Waals surface area (Å²) in [5, 5.41) is 9.11. The molecule has 0 aromatic carbocycles. The topological polar surface area (TPSA) is 66.6 Å². The maximum atomic E-state index is 11.9. The molecule has 0 radical (unpaired) electrons. The van der Waals surface area contributed by atoms with Gasteiger partial charge in [-0.3, -0.25) is 4.79 Å². The highest BCUT2D eigenvalue weighted by Crippen LogP contribution is 2.18. The predicted molar refractivity (Wildman–Crippen MR) is 59.3 cm³/mol. The Labute approximate surface area is 91.4 Å². The summed E-state index contributed by atoms with van der Waals surface area (Å²) in [6.07, 6.45) is 2.59. The maximum absolute atomic E-state index is 11.9. The molecule has 0 bridgehead atoms. The summed E-state index contributed by atoms with van der Waals surface area (Å²) in [5.74, 6) is 0.430. The lowest BCUT2D eigenvalue weighted by atomic mass is 10.0. The molecule has 15 heavy (non-hydrogen) atoms. The molecule has 0 saturated carbocycles. The number of nitrogens with zero attached hydrogens (tertiary/aromatic N) is 1. The van der Waals surface area contributed by atoms with Crippen molar-refractivity contribution in [1.82, 2.24) is 4.90 Å². The zero-order valence-corrected chi connectivity index (χ0v) is 9.65. The molecule has 1 fully saturated rings. The number of hydrogen-bond donors (Lipinski definition) is 2. The van der Waals surface area contributed by atoms with Gasteiger partial charge in [0, 0.05) is 6.54 Å². The van der Waals surface area contributed by atoms with Crippen molar-refractivity contribution in [3.63, 3.8) is 0 Å². The third-order valence-corrected chi connectivity index (χ3v) is 2.91. The van der Waals surface area contributed by atoms with E-state index in [1.54, 1.807) is 4.90 Å². The van der Waals surface area contributed by atoms with Crippen molar-refractivity contribution in [2.75, 3.05) is 13.2 Å². The number of likely N-dealkylation sites (tertiary alicyclic amines) is 1. The number of rotatable bonds is 4. The molecule has 4 heteroatoms. The van der Waals surface area contributed by atoms with Crippen molar-refractivity contribution in [2.24, 2.45) is 11.7 Å². The summed E-state index contributed by atoms with van der Waals surface area (Å²) in [6, 6.07) is -0.409. The van der Waals surface area contributed by atoms with E-state index in [0.717, 1.165) is 19.4 Å². The van der Waals surface area contributed by atoms with Gasteiger partial charge in [-0.05, 0) is 25.2 Å². The Morgan fingerprint density at radius 1 is 1.60 bits per heavy atom. The zero-order chi connectivity index (χ0) is 11.4. The normalized spacial score (nSPS) is 23.5. The fraction of sp³-hybridized carbons (Fsp3) is 0.909.